The molecular weight excluding hydrogens is 301 g/mol. The first-order chi connectivity index (χ1) is 9.47. The Morgan fingerprint density at radius 1 is 1.10 bits per heavy atom. The monoisotopic (exact) mass is 309 g/mol. The van der Waals surface area contributed by atoms with E-state index in [1.807, 2.05) is 0 Å². The Bertz CT molecular complexity index is 666. The number of esters is 1. The highest BCUT2D eigenvalue weighted by molar-refractivity contribution is 6.33. The summed E-state index contributed by atoms with van der Waals surface area (Å²) in [6.07, 6.45) is 0. The number of Topliss-reactive ketones (excluding diaryl/α,β-unsaturated/α-hetero) is 1. The minimum absolute atomic E-state index is 0.0873. The second kappa shape index (κ2) is 6.03. The number of rotatable bonds is 3. The molecule has 4 nitrogen and oxygen atoms in total. The standard InChI is InChI=1S/C14H9Cl2NO3/c1-8(18)10-4-2-3-5-11(10)20-14(19)9-6-12(15)17-13(16)7-9/h2-7H,1H3. The van der Waals surface area contributed by atoms with Gasteiger partial charge in [0.25, 0.3) is 0 Å². The molecule has 2 aromatic rings. The summed E-state index contributed by atoms with van der Waals surface area (Å²) in [5.74, 6) is -0.668. The van der Waals surface area contributed by atoms with E-state index in [2.05, 4.69) is 4.98 Å². The maximum absolute atomic E-state index is 12.0. The lowest BCUT2D eigenvalue weighted by Gasteiger charge is -2.08. The average Bonchev–Trinajstić information content (AvgIpc) is 2.37. The van der Waals surface area contributed by atoms with Gasteiger partial charge in [-0.1, -0.05) is 35.3 Å². The third-order valence-electron chi connectivity index (χ3n) is 2.47. The molecule has 1 aromatic heterocycles. The van der Waals surface area contributed by atoms with Gasteiger partial charge in [-0.25, -0.2) is 9.78 Å². The van der Waals surface area contributed by atoms with Crippen LogP contribution in [0.25, 0.3) is 0 Å². The summed E-state index contributed by atoms with van der Waals surface area (Å²) < 4.78 is 5.20. The first-order valence-electron chi connectivity index (χ1n) is 5.62. The number of carbonyl (C=O) groups is 2. The van der Waals surface area contributed by atoms with Crippen LogP contribution in [0.5, 0.6) is 5.75 Å². The van der Waals surface area contributed by atoms with Crippen LogP contribution in [0.15, 0.2) is 36.4 Å². The Labute approximate surface area is 125 Å². The van der Waals surface area contributed by atoms with Crippen molar-refractivity contribution in [3.8, 4) is 5.75 Å². The predicted molar refractivity (Wildman–Crippen MR) is 75.7 cm³/mol. The minimum Gasteiger partial charge on any atom is -0.422 e. The lowest BCUT2D eigenvalue weighted by atomic mass is 10.1. The highest BCUT2D eigenvalue weighted by atomic mass is 35.5. The van der Waals surface area contributed by atoms with Crippen LogP contribution in [0, 0.1) is 0 Å². The van der Waals surface area contributed by atoms with Gasteiger partial charge in [0, 0.05) is 0 Å². The Kier molecular flexibility index (Phi) is 4.37. The summed E-state index contributed by atoms with van der Waals surface area (Å²) in [4.78, 5) is 27.2. The minimum atomic E-state index is -0.662. The van der Waals surface area contributed by atoms with Gasteiger partial charge in [0.15, 0.2) is 5.78 Å². The Morgan fingerprint density at radius 2 is 1.70 bits per heavy atom. The van der Waals surface area contributed by atoms with Gasteiger partial charge in [0.2, 0.25) is 0 Å². The van der Waals surface area contributed by atoms with E-state index >= 15 is 0 Å². The van der Waals surface area contributed by atoms with Crippen LogP contribution in [-0.4, -0.2) is 16.7 Å². The summed E-state index contributed by atoms with van der Waals surface area (Å²) in [5.41, 5.74) is 0.487. The van der Waals surface area contributed by atoms with Crippen LogP contribution in [0.3, 0.4) is 0 Å². The molecule has 1 heterocycles. The van der Waals surface area contributed by atoms with Gasteiger partial charge in [-0.3, -0.25) is 4.79 Å². The van der Waals surface area contributed by atoms with Gasteiger partial charge < -0.3 is 4.74 Å². The largest absolute Gasteiger partial charge is 0.422 e. The van der Waals surface area contributed by atoms with Gasteiger partial charge in [-0.15, -0.1) is 0 Å². The molecule has 0 N–H and O–H groups in total. The molecule has 0 bridgehead atoms. The van der Waals surface area contributed by atoms with Crippen molar-refractivity contribution in [2.75, 3.05) is 0 Å². The second-order valence-electron chi connectivity index (χ2n) is 3.94. The van der Waals surface area contributed by atoms with Crippen molar-refractivity contribution in [1.29, 1.82) is 0 Å². The number of benzene rings is 1. The zero-order valence-corrected chi connectivity index (χ0v) is 11.9. The molecule has 20 heavy (non-hydrogen) atoms. The third-order valence-corrected chi connectivity index (χ3v) is 2.85. The fourth-order valence-corrected chi connectivity index (χ4v) is 2.05. The normalized spacial score (nSPS) is 10.2. The van der Waals surface area contributed by atoms with Crippen LogP contribution in [0.2, 0.25) is 10.3 Å². The van der Waals surface area contributed by atoms with Crippen LogP contribution in [0.1, 0.15) is 27.6 Å². The van der Waals surface area contributed by atoms with Crippen molar-refractivity contribution >= 4 is 35.0 Å². The molecule has 1 aromatic carbocycles. The SMILES string of the molecule is CC(=O)c1ccccc1OC(=O)c1cc(Cl)nc(Cl)c1. The third kappa shape index (κ3) is 3.35. The maximum atomic E-state index is 12.0. The fourth-order valence-electron chi connectivity index (χ4n) is 1.59. The van der Waals surface area contributed by atoms with Gasteiger partial charge >= 0.3 is 5.97 Å². The molecule has 0 fully saturated rings. The topological polar surface area (TPSA) is 56.3 Å². The van der Waals surface area contributed by atoms with Crippen LogP contribution >= 0.6 is 23.2 Å². The molecule has 0 radical (unpaired) electrons. The summed E-state index contributed by atoms with van der Waals surface area (Å²) >= 11 is 11.4. The molecule has 6 heteroatoms. The van der Waals surface area contributed by atoms with E-state index < -0.39 is 5.97 Å². The van der Waals surface area contributed by atoms with E-state index in [1.165, 1.54) is 19.1 Å². The number of aromatic nitrogens is 1. The fraction of sp³-hybridized carbons (Fsp3) is 0.0714. The molecule has 0 amide bonds. The Hall–Kier alpha value is -1.91. The lowest BCUT2D eigenvalue weighted by Crippen LogP contribution is -2.11. The smallest absolute Gasteiger partial charge is 0.343 e. The number of carbonyl (C=O) groups excluding carboxylic acids is 2. The Morgan fingerprint density at radius 3 is 2.30 bits per heavy atom. The van der Waals surface area contributed by atoms with Crippen LogP contribution < -0.4 is 4.74 Å². The summed E-state index contributed by atoms with van der Waals surface area (Å²) in [6.45, 7) is 1.40. The molecule has 102 valence electrons. The van der Waals surface area contributed by atoms with E-state index in [0.717, 1.165) is 0 Å². The van der Waals surface area contributed by atoms with E-state index in [9.17, 15) is 9.59 Å². The van der Waals surface area contributed by atoms with E-state index in [0.29, 0.717) is 5.56 Å². The number of ketones is 1. The van der Waals surface area contributed by atoms with Crippen molar-refractivity contribution in [1.82, 2.24) is 4.98 Å². The number of pyridine rings is 1. The maximum Gasteiger partial charge on any atom is 0.343 e. The van der Waals surface area contributed by atoms with Crippen LogP contribution in [0.4, 0.5) is 0 Å². The molecule has 0 saturated heterocycles. The first-order valence-corrected chi connectivity index (χ1v) is 6.38. The molecule has 0 saturated carbocycles. The molecule has 2 rings (SSSR count). The number of hydrogen-bond acceptors (Lipinski definition) is 4. The molecule has 0 aliphatic rings. The van der Waals surface area contributed by atoms with Crippen LogP contribution in [-0.2, 0) is 0 Å². The average molecular weight is 310 g/mol. The zero-order valence-electron chi connectivity index (χ0n) is 10.4. The molecule has 0 spiro atoms. The molecule has 0 atom stereocenters. The van der Waals surface area contributed by atoms with Gasteiger partial charge in [-0.05, 0) is 31.2 Å². The highest BCUT2D eigenvalue weighted by Gasteiger charge is 2.15. The predicted octanol–water partition coefficient (Wildman–Crippen LogP) is 3.81. The lowest BCUT2D eigenvalue weighted by molar-refractivity contribution is 0.0732. The number of hydrogen-bond donors (Lipinski definition) is 0. The van der Waals surface area contributed by atoms with E-state index in [1.54, 1.807) is 24.3 Å². The van der Waals surface area contributed by atoms with Crippen molar-refractivity contribution in [3.63, 3.8) is 0 Å². The second-order valence-corrected chi connectivity index (χ2v) is 4.72. The first kappa shape index (κ1) is 14.5. The highest BCUT2D eigenvalue weighted by Crippen LogP contribution is 2.21. The van der Waals surface area contributed by atoms with E-state index in [-0.39, 0.29) is 27.4 Å². The summed E-state index contributed by atoms with van der Waals surface area (Å²) in [6, 6.07) is 9.16. The zero-order chi connectivity index (χ0) is 14.7. The summed E-state index contributed by atoms with van der Waals surface area (Å²) in [7, 11) is 0. The molecule has 0 aliphatic carbocycles. The van der Waals surface area contributed by atoms with Crippen molar-refractivity contribution in [2.24, 2.45) is 0 Å². The Balaban J connectivity index is 2.30. The quantitative estimate of drug-likeness (QED) is 0.374. The number of nitrogens with zero attached hydrogens (tertiary/aromatic N) is 1. The van der Waals surface area contributed by atoms with Gasteiger partial charge in [0.1, 0.15) is 16.1 Å². The van der Waals surface area contributed by atoms with E-state index in [4.69, 9.17) is 27.9 Å². The number of ether oxygens (including phenoxy) is 1. The van der Waals surface area contributed by atoms with Gasteiger partial charge in [0.05, 0.1) is 11.1 Å². The number of para-hydroxylation sites is 1. The summed E-state index contributed by atoms with van der Waals surface area (Å²) in [5, 5.41) is 0.175. The van der Waals surface area contributed by atoms with Crippen molar-refractivity contribution < 1.29 is 14.3 Å². The van der Waals surface area contributed by atoms with Crippen molar-refractivity contribution in [2.45, 2.75) is 6.92 Å². The molecule has 0 unspecified atom stereocenters. The van der Waals surface area contributed by atoms with Gasteiger partial charge in [-0.2, -0.15) is 0 Å². The number of halogens is 2. The molecular formula is C14H9Cl2NO3. The van der Waals surface area contributed by atoms with Crippen molar-refractivity contribution in [3.05, 3.63) is 57.8 Å². The molecule has 0 aliphatic heterocycles.